The lowest BCUT2D eigenvalue weighted by Gasteiger charge is -2.23. The minimum atomic E-state index is 0.578. The van der Waals surface area contributed by atoms with Gasteiger partial charge >= 0.3 is 0 Å². The number of hydrogen-bond donors (Lipinski definition) is 0. The zero-order valence-electron chi connectivity index (χ0n) is 10.5. The van der Waals surface area contributed by atoms with Crippen molar-refractivity contribution in [3.8, 4) is 0 Å². The highest BCUT2D eigenvalue weighted by Gasteiger charge is 2.25. The first-order chi connectivity index (χ1) is 8.81. The topological polar surface area (TPSA) is 46.8 Å². The molecule has 3 heterocycles. The maximum Gasteiger partial charge on any atom is 0.137 e. The fraction of sp³-hybridized carbons (Fsp3) is 0.583. The number of hydrogen-bond acceptors (Lipinski definition) is 5. The Balaban J connectivity index is 1.64. The zero-order chi connectivity index (χ0) is 12.4. The van der Waals surface area contributed by atoms with Crippen LogP contribution >= 0.6 is 11.3 Å². The number of aryl methyl sites for hydroxylation is 1. The van der Waals surface area contributed by atoms with Crippen LogP contribution in [0.1, 0.15) is 22.7 Å². The van der Waals surface area contributed by atoms with Gasteiger partial charge in [0, 0.05) is 23.7 Å². The van der Waals surface area contributed by atoms with Crippen LogP contribution in [-0.2, 0) is 13.1 Å². The zero-order valence-corrected chi connectivity index (χ0v) is 11.3. The maximum absolute atomic E-state index is 4.32. The summed E-state index contributed by atoms with van der Waals surface area (Å²) in [6.45, 7) is 5.20. The van der Waals surface area contributed by atoms with Crippen molar-refractivity contribution in [3.63, 3.8) is 0 Å². The molecule has 2 aromatic rings. The molecule has 1 unspecified atom stereocenters. The van der Waals surface area contributed by atoms with Crippen LogP contribution in [0, 0.1) is 6.92 Å². The normalized spacial score (nSPS) is 20.6. The van der Waals surface area contributed by atoms with Gasteiger partial charge in [0.1, 0.15) is 12.7 Å². The van der Waals surface area contributed by atoms with Gasteiger partial charge in [0.05, 0.1) is 11.6 Å². The van der Waals surface area contributed by atoms with Crippen molar-refractivity contribution in [3.05, 3.63) is 28.7 Å². The molecule has 0 radical (unpaired) electrons. The fourth-order valence-electron chi connectivity index (χ4n) is 2.53. The van der Waals surface area contributed by atoms with Crippen LogP contribution in [0.25, 0.3) is 0 Å². The highest BCUT2D eigenvalue weighted by Crippen LogP contribution is 2.23. The SMILES string of the molecule is Cc1ncc(CN2CCCC2Cn2cncn2)s1. The van der Waals surface area contributed by atoms with E-state index in [1.54, 1.807) is 24.0 Å². The molecule has 0 aliphatic carbocycles. The summed E-state index contributed by atoms with van der Waals surface area (Å²) in [6.07, 6.45) is 7.93. The molecule has 0 spiro atoms. The smallest absolute Gasteiger partial charge is 0.137 e. The molecule has 18 heavy (non-hydrogen) atoms. The summed E-state index contributed by atoms with van der Waals surface area (Å²) in [5.41, 5.74) is 0. The molecule has 1 fully saturated rings. The van der Waals surface area contributed by atoms with Gasteiger partial charge in [-0.05, 0) is 26.3 Å². The number of likely N-dealkylation sites (tertiary alicyclic amines) is 1. The van der Waals surface area contributed by atoms with Crippen LogP contribution in [0.15, 0.2) is 18.9 Å². The fourth-order valence-corrected chi connectivity index (χ4v) is 3.35. The Morgan fingerprint density at radius 3 is 3.17 bits per heavy atom. The molecule has 0 saturated carbocycles. The van der Waals surface area contributed by atoms with Gasteiger partial charge in [-0.25, -0.2) is 9.97 Å². The first-order valence-electron chi connectivity index (χ1n) is 6.29. The van der Waals surface area contributed by atoms with Gasteiger partial charge in [-0.2, -0.15) is 5.10 Å². The largest absolute Gasteiger partial charge is 0.293 e. The van der Waals surface area contributed by atoms with Crippen LogP contribution in [0.2, 0.25) is 0 Å². The van der Waals surface area contributed by atoms with Gasteiger partial charge in [-0.1, -0.05) is 0 Å². The predicted molar refractivity (Wildman–Crippen MR) is 70.3 cm³/mol. The third-order valence-corrected chi connectivity index (χ3v) is 4.29. The average Bonchev–Trinajstić information content (AvgIpc) is 3.05. The number of thiazole rings is 1. The standard InChI is InChI=1S/C12H17N5S/c1-10-14-5-12(18-10)7-16-4-2-3-11(16)6-17-9-13-8-15-17/h5,8-9,11H,2-4,6-7H2,1H3. The molecule has 5 nitrogen and oxygen atoms in total. The highest BCUT2D eigenvalue weighted by atomic mass is 32.1. The van der Waals surface area contributed by atoms with Crippen molar-refractivity contribution in [2.24, 2.45) is 0 Å². The molecule has 0 bridgehead atoms. The molecular formula is C12H17N5S. The lowest BCUT2D eigenvalue weighted by molar-refractivity contribution is 0.220. The van der Waals surface area contributed by atoms with E-state index in [-0.39, 0.29) is 0 Å². The van der Waals surface area contributed by atoms with E-state index < -0.39 is 0 Å². The van der Waals surface area contributed by atoms with Crippen molar-refractivity contribution in [1.82, 2.24) is 24.6 Å². The van der Waals surface area contributed by atoms with Crippen LogP contribution in [0.3, 0.4) is 0 Å². The predicted octanol–water partition coefficient (Wildman–Crippen LogP) is 1.71. The summed E-state index contributed by atoms with van der Waals surface area (Å²) >= 11 is 1.80. The second-order valence-electron chi connectivity index (χ2n) is 4.73. The number of aromatic nitrogens is 4. The van der Waals surface area contributed by atoms with E-state index in [9.17, 15) is 0 Å². The lowest BCUT2D eigenvalue weighted by atomic mass is 10.2. The van der Waals surface area contributed by atoms with Crippen LogP contribution in [0.5, 0.6) is 0 Å². The van der Waals surface area contributed by atoms with Gasteiger partial charge in [-0.3, -0.25) is 9.58 Å². The first-order valence-corrected chi connectivity index (χ1v) is 7.10. The van der Waals surface area contributed by atoms with Crippen LogP contribution in [-0.4, -0.2) is 37.2 Å². The van der Waals surface area contributed by atoms with Gasteiger partial charge < -0.3 is 0 Å². The van der Waals surface area contributed by atoms with Crippen LogP contribution in [0.4, 0.5) is 0 Å². The third-order valence-electron chi connectivity index (χ3n) is 3.39. The minimum Gasteiger partial charge on any atom is -0.293 e. The average molecular weight is 263 g/mol. The molecule has 3 rings (SSSR count). The molecule has 2 aromatic heterocycles. The Hall–Kier alpha value is -1.27. The van der Waals surface area contributed by atoms with E-state index >= 15 is 0 Å². The van der Waals surface area contributed by atoms with Gasteiger partial charge in [0.2, 0.25) is 0 Å². The lowest BCUT2D eigenvalue weighted by Crippen LogP contribution is -2.32. The van der Waals surface area contributed by atoms with E-state index in [0.717, 1.165) is 18.1 Å². The van der Waals surface area contributed by atoms with Crippen molar-refractivity contribution >= 4 is 11.3 Å². The third kappa shape index (κ3) is 2.59. The Bertz CT molecular complexity index is 492. The molecule has 1 saturated heterocycles. The van der Waals surface area contributed by atoms with Crippen molar-refractivity contribution < 1.29 is 0 Å². The molecule has 0 aromatic carbocycles. The van der Waals surface area contributed by atoms with E-state index in [0.29, 0.717) is 6.04 Å². The molecule has 96 valence electrons. The monoisotopic (exact) mass is 263 g/mol. The molecule has 6 heteroatoms. The quantitative estimate of drug-likeness (QED) is 0.842. The van der Waals surface area contributed by atoms with Crippen molar-refractivity contribution in [2.75, 3.05) is 6.54 Å². The first kappa shape index (κ1) is 11.8. The Labute approximate surface area is 110 Å². The van der Waals surface area contributed by atoms with E-state index in [2.05, 4.69) is 26.9 Å². The highest BCUT2D eigenvalue weighted by molar-refractivity contribution is 7.11. The Kier molecular flexibility index (Phi) is 3.38. The molecular weight excluding hydrogens is 246 g/mol. The van der Waals surface area contributed by atoms with E-state index in [1.807, 2.05) is 10.9 Å². The molecule has 0 N–H and O–H groups in total. The van der Waals surface area contributed by atoms with Crippen molar-refractivity contribution in [2.45, 2.75) is 38.9 Å². The second-order valence-corrected chi connectivity index (χ2v) is 6.05. The summed E-state index contributed by atoms with van der Waals surface area (Å²) in [7, 11) is 0. The van der Waals surface area contributed by atoms with Crippen LogP contribution < -0.4 is 0 Å². The molecule has 1 aliphatic heterocycles. The summed E-state index contributed by atoms with van der Waals surface area (Å²) in [5.74, 6) is 0. The maximum atomic E-state index is 4.32. The Morgan fingerprint density at radius 2 is 2.44 bits per heavy atom. The molecule has 1 atom stereocenters. The number of nitrogens with zero attached hydrogens (tertiary/aromatic N) is 5. The second kappa shape index (κ2) is 5.16. The Morgan fingerprint density at radius 1 is 1.50 bits per heavy atom. The summed E-state index contributed by atoms with van der Waals surface area (Å²) in [4.78, 5) is 12.2. The van der Waals surface area contributed by atoms with Gasteiger partial charge in [0.25, 0.3) is 0 Å². The van der Waals surface area contributed by atoms with Gasteiger partial charge in [-0.15, -0.1) is 11.3 Å². The summed E-state index contributed by atoms with van der Waals surface area (Å²) in [6, 6.07) is 0.578. The summed E-state index contributed by atoms with van der Waals surface area (Å²) in [5, 5.41) is 5.34. The molecule has 1 aliphatic rings. The summed E-state index contributed by atoms with van der Waals surface area (Å²) < 4.78 is 1.93. The van der Waals surface area contributed by atoms with E-state index in [4.69, 9.17) is 0 Å². The van der Waals surface area contributed by atoms with Gasteiger partial charge in [0.15, 0.2) is 0 Å². The van der Waals surface area contributed by atoms with E-state index in [1.165, 1.54) is 24.3 Å². The minimum absolute atomic E-state index is 0.578. The number of rotatable bonds is 4. The molecule has 0 amide bonds. The van der Waals surface area contributed by atoms with Crippen molar-refractivity contribution in [1.29, 1.82) is 0 Å².